The van der Waals surface area contributed by atoms with Crippen LogP contribution in [0.1, 0.15) is 26.3 Å². The predicted molar refractivity (Wildman–Crippen MR) is 239 cm³/mol. The van der Waals surface area contributed by atoms with Crippen LogP contribution in [0.2, 0.25) is 19.6 Å². The van der Waals surface area contributed by atoms with Crippen LogP contribution >= 0.6 is 0 Å². The topological polar surface area (TPSA) is 38.9 Å². The van der Waals surface area contributed by atoms with Gasteiger partial charge < -0.3 is 14.4 Å². The largest absolute Gasteiger partial charge is 0.501 e. The molecule has 0 spiro atoms. The molecule has 0 aliphatic rings. The summed E-state index contributed by atoms with van der Waals surface area (Å²) in [7, 11) is -1.43. The monoisotopic (exact) mass is 935 g/mol. The summed E-state index contributed by atoms with van der Waals surface area (Å²) in [6.45, 7) is 14.1. The molecule has 0 amide bonds. The van der Waals surface area contributed by atoms with Crippen molar-refractivity contribution in [2.75, 3.05) is 0 Å². The zero-order chi connectivity index (χ0) is 38.9. The SMILES string of the molecule is CC(C)(C)Cc1cc(-c2[c-]cc(-c3ccccc3)cc2)ncc1[Si](C)(C)C.[Ir].[c-]1ccc2c(oc3cc(-c4ccccc4)ccc32)c1-c1cc2ccccc2cn1. The van der Waals surface area contributed by atoms with Gasteiger partial charge in [-0.15, -0.1) is 48.0 Å². The number of aromatic nitrogens is 2. The molecule has 9 rings (SSSR count). The molecule has 0 saturated heterocycles. The summed E-state index contributed by atoms with van der Waals surface area (Å²) in [4.78, 5) is 9.48. The van der Waals surface area contributed by atoms with Gasteiger partial charge in [-0.2, -0.15) is 0 Å². The standard InChI is InChI=1S/C27H16NO.C25H30NSi.Ir/c1-2-7-18(8-3-1)20-13-14-22-23-11-6-12-24(27(23)29-26(22)16-20)25-15-19-9-4-5-10-21(19)17-28-25;1-25(2,3)17-22-16-23(26-18-24(22)27(4,5)6)21-14-12-20(13-15-21)19-10-8-7-9-11-19;/h1-11,13-17H;7-14,16,18H,17H2,1-6H3;/q2*-1;. The Hall–Kier alpha value is -5.45. The van der Waals surface area contributed by atoms with Gasteiger partial charge in [-0.25, -0.2) is 0 Å². The molecule has 0 bridgehead atoms. The van der Waals surface area contributed by atoms with Gasteiger partial charge in [0.05, 0.1) is 13.7 Å². The number of hydrogen-bond acceptors (Lipinski definition) is 3. The van der Waals surface area contributed by atoms with Gasteiger partial charge in [-0.05, 0) is 56.4 Å². The van der Waals surface area contributed by atoms with Crippen LogP contribution < -0.4 is 5.19 Å². The summed E-state index contributed by atoms with van der Waals surface area (Å²) >= 11 is 0. The van der Waals surface area contributed by atoms with Gasteiger partial charge >= 0.3 is 0 Å². The Bertz CT molecular complexity index is 2780. The summed E-state index contributed by atoms with van der Waals surface area (Å²) in [6.07, 6.45) is 5.11. The Kier molecular flexibility index (Phi) is 11.6. The van der Waals surface area contributed by atoms with Gasteiger partial charge in [-0.1, -0.05) is 177 Å². The van der Waals surface area contributed by atoms with Crippen molar-refractivity contribution in [2.45, 2.75) is 46.8 Å². The number of nitrogens with zero attached hydrogens (tertiary/aromatic N) is 2. The molecular weight excluding hydrogens is 889 g/mol. The van der Waals surface area contributed by atoms with Crippen LogP contribution in [-0.2, 0) is 26.5 Å². The Balaban J connectivity index is 0.000000172. The van der Waals surface area contributed by atoms with E-state index in [0.717, 1.165) is 67.2 Å². The Morgan fingerprint density at radius 2 is 1.25 bits per heavy atom. The van der Waals surface area contributed by atoms with Gasteiger partial charge in [0.2, 0.25) is 0 Å². The van der Waals surface area contributed by atoms with Crippen LogP contribution in [0, 0.1) is 17.5 Å². The van der Waals surface area contributed by atoms with Crippen LogP contribution in [0.15, 0.2) is 162 Å². The Labute approximate surface area is 351 Å². The second-order valence-electron chi connectivity index (χ2n) is 16.8. The third-order valence-corrected chi connectivity index (χ3v) is 12.2. The third kappa shape index (κ3) is 8.92. The van der Waals surface area contributed by atoms with Crippen LogP contribution in [0.4, 0.5) is 0 Å². The molecule has 0 aliphatic heterocycles. The van der Waals surface area contributed by atoms with Gasteiger partial charge in [-0.3, -0.25) is 0 Å². The van der Waals surface area contributed by atoms with E-state index in [1.54, 1.807) is 0 Å². The molecule has 3 heterocycles. The Morgan fingerprint density at radius 3 is 1.91 bits per heavy atom. The second-order valence-corrected chi connectivity index (χ2v) is 21.8. The van der Waals surface area contributed by atoms with E-state index in [2.05, 4.69) is 179 Å². The average molecular weight is 935 g/mol. The van der Waals surface area contributed by atoms with Gasteiger partial charge in [0.1, 0.15) is 5.58 Å². The van der Waals surface area contributed by atoms with Crippen LogP contribution in [0.5, 0.6) is 0 Å². The molecular formula is C52H46IrN2OSi-2. The van der Waals surface area contributed by atoms with E-state index in [0.29, 0.717) is 0 Å². The molecule has 3 aromatic heterocycles. The van der Waals surface area contributed by atoms with E-state index < -0.39 is 8.07 Å². The minimum absolute atomic E-state index is 0. The minimum atomic E-state index is -1.43. The number of hydrogen-bond donors (Lipinski definition) is 0. The zero-order valence-electron chi connectivity index (χ0n) is 33.4. The fraction of sp³-hybridized carbons (Fsp3) is 0.154. The summed E-state index contributed by atoms with van der Waals surface area (Å²) in [5.74, 6) is 0. The molecule has 285 valence electrons. The summed E-state index contributed by atoms with van der Waals surface area (Å²) in [5.41, 5.74) is 12.0. The molecule has 57 heavy (non-hydrogen) atoms. The second kappa shape index (κ2) is 16.6. The molecule has 0 saturated carbocycles. The van der Waals surface area contributed by atoms with E-state index >= 15 is 0 Å². The quantitative estimate of drug-likeness (QED) is 0.123. The first-order valence-electron chi connectivity index (χ1n) is 19.3. The molecule has 6 aromatic carbocycles. The van der Waals surface area contributed by atoms with Gasteiger partial charge in [0.15, 0.2) is 0 Å². The molecule has 1 radical (unpaired) electrons. The first-order chi connectivity index (χ1) is 27.0. The maximum atomic E-state index is 6.34. The number of pyridine rings is 2. The molecule has 5 heteroatoms. The van der Waals surface area contributed by atoms with Crippen molar-refractivity contribution in [3.8, 4) is 44.8 Å². The van der Waals surface area contributed by atoms with Crippen molar-refractivity contribution in [3.63, 3.8) is 0 Å². The zero-order valence-corrected chi connectivity index (χ0v) is 36.7. The van der Waals surface area contributed by atoms with Crippen molar-refractivity contribution in [1.29, 1.82) is 0 Å². The van der Waals surface area contributed by atoms with E-state index in [-0.39, 0.29) is 25.5 Å². The number of rotatable bonds is 6. The first-order valence-corrected chi connectivity index (χ1v) is 22.8. The van der Waals surface area contributed by atoms with Crippen molar-refractivity contribution in [3.05, 3.63) is 176 Å². The molecule has 0 aliphatic carbocycles. The molecule has 0 fully saturated rings. The molecule has 3 nitrogen and oxygen atoms in total. The van der Waals surface area contributed by atoms with Gasteiger partial charge in [0, 0.05) is 37.9 Å². The van der Waals surface area contributed by atoms with Crippen molar-refractivity contribution >= 4 is 46.0 Å². The van der Waals surface area contributed by atoms with E-state index in [1.165, 1.54) is 27.4 Å². The van der Waals surface area contributed by atoms with Crippen LogP contribution in [0.25, 0.3) is 77.5 Å². The maximum Gasteiger partial charge on any atom is 0.121 e. The molecule has 9 aromatic rings. The number of benzene rings is 6. The average Bonchev–Trinajstić information content (AvgIpc) is 3.59. The number of furan rings is 1. The molecule has 0 N–H and O–H groups in total. The van der Waals surface area contributed by atoms with Crippen molar-refractivity contribution in [2.24, 2.45) is 5.41 Å². The van der Waals surface area contributed by atoms with Gasteiger partial charge in [0.25, 0.3) is 0 Å². The van der Waals surface area contributed by atoms with E-state index in [4.69, 9.17) is 9.40 Å². The van der Waals surface area contributed by atoms with Crippen molar-refractivity contribution in [1.82, 2.24) is 9.97 Å². The molecule has 0 unspecified atom stereocenters. The third-order valence-electron chi connectivity index (χ3n) is 10.1. The smallest absolute Gasteiger partial charge is 0.121 e. The fourth-order valence-corrected chi connectivity index (χ4v) is 8.97. The summed E-state index contributed by atoms with van der Waals surface area (Å²) in [5, 5.41) is 5.95. The maximum absolute atomic E-state index is 6.34. The fourth-order valence-electron chi connectivity index (χ4n) is 7.39. The van der Waals surface area contributed by atoms with E-state index in [9.17, 15) is 0 Å². The Morgan fingerprint density at radius 1 is 0.596 bits per heavy atom. The van der Waals surface area contributed by atoms with Crippen LogP contribution in [-0.4, -0.2) is 18.0 Å². The first kappa shape index (κ1) is 39.8. The predicted octanol–water partition coefficient (Wildman–Crippen LogP) is 13.6. The minimum Gasteiger partial charge on any atom is -0.501 e. The number of fused-ring (bicyclic) bond motifs is 4. The molecule has 0 atom stereocenters. The van der Waals surface area contributed by atoms with Crippen molar-refractivity contribution < 1.29 is 24.5 Å². The van der Waals surface area contributed by atoms with Crippen LogP contribution in [0.3, 0.4) is 0 Å². The summed E-state index contributed by atoms with van der Waals surface area (Å²) in [6, 6.07) is 57.0. The van der Waals surface area contributed by atoms with E-state index in [1.807, 2.05) is 36.5 Å². The summed E-state index contributed by atoms with van der Waals surface area (Å²) < 4.78 is 6.34. The normalized spacial score (nSPS) is 11.6.